The van der Waals surface area contributed by atoms with Gasteiger partial charge in [-0.1, -0.05) is 18.2 Å². The van der Waals surface area contributed by atoms with Gasteiger partial charge in [0.15, 0.2) is 0 Å². The number of likely N-dealkylation sites (tertiary alicyclic amines) is 1. The van der Waals surface area contributed by atoms with Crippen molar-refractivity contribution in [1.82, 2.24) is 19.4 Å². The van der Waals surface area contributed by atoms with Crippen molar-refractivity contribution in [1.29, 1.82) is 0 Å². The Morgan fingerprint density at radius 1 is 0.909 bits per heavy atom. The van der Waals surface area contributed by atoms with Gasteiger partial charge in [-0.05, 0) is 38.1 Å². The molecule has 0 atom stereocenters. The van der Waals surface area contributed by atoms with Crippen LogP contribution in [0.25, 0.3) is 22.3 Å². The summed E-state index contributed by atoms with van der Waals surface area (Å²) in [6.07, 6.45) is 8.50. The van der Waals surface area contributed by atoms with E-state index in [4.69, 9.17) is 0 Å². The zero-order valence-electron chi connectivity index (χ0n) is 12.7. The molecule has 1 aromatic carbocycles. The molecular formula is C18H20N4. The van der Waals surface area contributed by atoms with Gasteiger partial charge < -0.3 is 9.47 Å². The zero-order chi connectivity index (χ0) is 14.8. The maximum Gasteiger partial charge on any atom is 0.140 e. The molecular weight excluding hydrogens is 272 g/mol. The molecule has 0 bridgehead atoms. The molecule has 0 N–H and O–H groups in total. The van der Waals surface area contributed by atoms with E-state index in [-0.39, 0.29) is 0 Å². The summed E-state index contributed by atoms with van der Waals surface area (Å²) in [4.78, 5) is 11.6. The minimum atomic E-state index is 0.992. The van der Waals surface area contributed by atoms with Gasteiger partial charge >= 0.3 is 0 Å². The van der Waals surface area contributed by atoms with Gasteiger partial charge in [-0.25, -0.2) is 4.98 Å². The summed E-state index contributed by atoms with van der Waals surface area (Å²) in [5, 5.41) is 1.17. The summed E-state index contributed by atoms with van der Waals surface area (Å²) >= 11 is 0. The number of imidazole rings is 1. The first-order chi connectivity index (χ1) is 10.9. The Kier molecular flexibility index (Phi) is 3.60. The molecule has 0 amide bonds. The summed E-state index contributed by atoms with van der Waals surface area (Å²) in [7, 11) is 0. The van der Waals surface area contributed by atoms with Crippen molar-refractivity contribution in [2.24, 2.45) is 0 Å². The Hall–Kier alpha value is -2.20. The fourth-order valence-electron chi connectivity index (χ4n) is 3.29. The molecule has 0 unspecified atom stereocenters. The van der Waals surface area contributed by atoms with Crippen molar-refractivity contribution in [3.8, 4) is 11.4 Å². The van der Waals surface area contributed by atoms with Gasteiger partial charge in [-0.15, -0.1) is 0 Å². The number of pyridine rings is 1. The van der Waals surface area contributed by atoms with E-state index < -0.39 is 0 Å². The number of rotatable bonds is 4. The normalized spacial score (nSPS) is 15.6. The highest BCUT2D eigenvalue weighted by Crippen LogP contribution is 2.26. The lowest BCUT2D eigenvalue weighted by Gasteiger charge is -2.16. The van der Waals surface area contributed by atoms with Crippen LogP contribution in [-0.4, -0.2) is 39.1 Å². The summed E-state index contributed by atoms with van der Waals surface area (Å²) in [6.45, 7) is 4.57. The lowest BCUT2D eigenvalue weighted by molar-refractivity contribution is 0.323. The molecule has 4 nitrogen and oxygen atoms in total. The van der Waals surface area contributed by atoms with Gasteiger partial charge in [0.05, 0.1) is 5.52 Å². The first-order valence-electron chi connectivity index (χ1n) is 7.99. The average Bonchev–Trinajstić information content (AvgIpc) is 3.24. The highest BCUT2D eigenvalue weighted by Gasteiger charge is 2.13. The molecule has 3 aromatic rings. The van der Waals surface area contributed by atoms with Crippen molar-refractivity contribution in [2.45, 2.75) is 19.4 Å². The molecule has 22 heavy (non-hydrogen) atoms. The topological polar surface area (TPSA) is 34.0 Å². The van der Waals surface area contributed by atoms with E-state index in [0.29, 0.717) is 0 Å². The van der Waals surface area contributed by atoms with Crippen LogP contribution in [-0.2, 0) is 6.54 Å². The van der Waals surface area contributed by atoms with Crippen LogP contribution in [0.3, 0.4) is 0 Å². The van der Waals surface area contributed by atoms with E-state index in [1.54, 1.807) is 0 Å². The van der Waals surface area contributed by atoms with Gasteiger partial charge in [0.25, 0.3) is 0 Å². The number of hydrogen-bond acceptors (Lipinski definition) is 3. The standard InChI is InChI=1S/C18H20N4/c1-2-11-21(10-1)13-14-22-12-9-20-18(22)16-5-3-7-17-15(16)6-4-8-19-17/h3-9,12H,1-2,10-11,13-14H2. The van der Waals surface area contributed by atoms with E-state index in [9.17, 15) is 0 Å². The molecule has 2 aromatic heterocycles. The van der Waals surface area contributed by atoms with E-state index in [0.717, 1.165) is 30.0 Å². The number of benzene rings is 1. The predicted molar refractivity (Wildman–Crippen MR) is 88.6 cm³/mol. The van der Waals surface area contributed by atoms with E-state index in [1.165, 1.54) is 31.3 Å². The molecule has 1 aliphatic rings. The molecule has 0 saturated carbocycles. The van der Waals surface area contributed by atoms with Crippen LogP contribution >= 0.6 is 0 Å². The Morgan fingerprint density at radius 2 is 1.82 bits per heavy atom. The largest absolute Gasteiger partial charge is 0.330 e. The Balaban J connectivity index is 1.66. The SMILES string of the molecule is c1cc(-c2nccn2CCN2CCCC2)c2cccnc2c1. The highest BCUT2D eigenvalue weighted by atomic mass is 15.2. The van der Waals surface area contributed by atoms with E-state index in [1.807, 2.05) is 18.5 Å². The third-order valence-electron chi connectivity index (χ3n) is 4.46. The van der Waals surface area contributed by atoms with Gasteiger partial charge in [-0.3, -0.25) is 4.98 Å². The first-order valence-corrected chi connectivity index (χ1v) is 7.99. The molecule has 3 heterocycles. The second-order valence-electron chi connectivity index (χ2n) is 5.87. The number of aromatic nitrogens is 3. The van der Waals surface area contributed by atoms with Crippen LogP contribution in [0.15, 0.2) is 48.9 Å². The molecule has 1 aliphatic heterocycles. The Bertz CT molecular complexity index is 766. The molecule has 4 heteroatoms. The third kappa shape index (κ3) is 2.50. The molecule has 0 radical (unpaired) electrons. The molecule has 112 valence electrons. The summed E-state index contributed by atoms with van der Waals surface area (Å²) in [5.41, 5.74) is 2.19. The Morgan fingerprint density at radius 3 is 2.73 bits per heavy atom. The van der Waals surface area contributed by atoms with Crippen molar-refractivity contribution in [2.75, 3.05) is 19.6 Å². The summed E-state index contributed by atoms with van der Waals surface area (Å²) in [5.74, 6) is 1.04. The van der Waals surface area contributed by atoms with Gasteiger partial charge in [0, 0.05) is 42.6 Å². The quantitative estimate of drug-likeness (QED) is 0.740. The molecule has 0 spiro atoms. The maximum atomic E-state index is 4.60. The van der Waals surface area contributed by atoms with E-state index >= 15 is 0 Å². The van der Waals surface area contributed by atoms with Crippen LogP contribution in [0.2, 0.25) is 0 Å². The minimum absolute atomic E-state index is 0.992. The van der Waals surface area contributed by atoms with Crippen LogP contribution in [0.4, 0.5) is 0 Å². The average molecular weight is 292 g/mol. The van der Waals surface area contributed by atoms with Crippen LogP contribution in [0.5, 0.6) is 0 Å². The molecule has 4 rings (SSSR count). The predicted octanol–water partition coefficient (Wildman–Crippen LogP) is 3.19. The van der Waals surface area contributed by atoms with Crippen molar-refractivity contribution in [3.05, 3.63) is 48.9 Å². The van der Waals surface area contributed by atoms with Crippen molar-refractivity contribution < 1.29 is 0 Å². The smallest absolute Gasteiger partial charge is 0.140 e. The third-order valence-corrected chi connectivity index (χ3v) is 4.46. The number of hydrogen-bond donors (Lipinski definition) is 0. The fraction of sp³-hybridized carbons (Fsp3) is 0.333. The van der Waals surface area contributed by atoms with Crippen LogP contribution < -0.4 is 0 Å². The van der Waals surface area contributed by atoms with Crippen LogP contribution in [0, 0.1) is 0 Å². The molecule has 0 aliphatic carbocycles. The summed E-state index contributed by atoms with van der Waals surface area (Å²) in [6, 6.07) is 10.4. The van der Waals surface area contributed by atoms with Crippen molar-refractivity contribution in [3.63, 3.8) is 0 Å². The van der Waals surface area contributed by atoms with Gasteiger partial charge in [-0.2, -0.15) is 0 Å². The molecule has 1 saturated heterocycles. The minimum Gasteiger partial charge on any atom is -0.330 e. The maximum absolute atomic E-state index is 4.60. The van der Waals surface area contributed by atoms with Crippen molar-refractivity contribution >= 4 is 10.9 Å². The lowest BCUT2D eigenvalue weighted by atomic mass is 10.1. The monoisotopic (exact) mass is 292 g/mol. The zero-order valence-corrected chi connectivity index (χ0v) is 12.7. The second-order valence-corrected chi connectivity index (χ2v) is 5.87. The van der Waals surface area contributed by atoms with E-state index in [2.05, 4.69) is 49.9 Å². The van der Waals surface area contributed by atoms with Gasteiger partial charge in [0.1, 0.15) is 5.82 Å². The summed E-state index contributed by atoms with van der Waals surface area (Å²) < 4.78 is 2.26. The molecule has 1 fully saturated rings. The highest BCUT2D eigenvalue weighted by molar-refractivity contribution is 5.92. The first kappa shape index (κ1) is 13.5. The lowest BCUT2D eigenvalue weighted by Crippen LogP contribution is -2.24. The fourth-order valence-corrected chi connectivity index (χ4v) is 3.29. The van der Waals surface area contributed by atoms with Gasteiger partial charge in [0.2, 0.25) is 0 Å². The number of nitrogens with zero attached hydrogens (tertiary/aromatic N) is 4. The number of fused-ring (bicyclic) bond motifs is 1. The second kappa shape index (κ2) is 5.89. The Labute approximate surface area is 130 Å². The van der Waals surface area contributed by atoms with Crippen LogP contribution in [0.1, 0.15) is 12.8 Å².